The maximum atomic E-state index is 11.3. The number of ether oxygens (including phenoxy) is 1. The van der Waals surface area contributed by atoms with Crippen LogP contribution in [0.5, 0.6) is 0 Å². The van der Waals surface area contributed by atoms with E-state index in [4.69, 9.17) is 5.73 Å². The van der Waals surface area contributed by atoms with Crippen LogP contribution < -0.4 is 10.5 Å². The van der Waals surface area contributed by atoms with Gasteiger partial charge in [-0.2, -0.15) is 12.7 Å². The topological polar surface area (TPSA) is 102 Å². The first-order valence-electron chi connectivity index (χ1n) is 3.90. The molecule has 1 amide bonds. The minimum atomic E-state index is -3.87. The van der Waals surface area contributed by atoms with E-state index in [-0.39, 0.29) is 18.0 Å². The van der Waals surface area contributed by atoms with Crippen molar-refractivity contribution in [3.8, 4) is 0 Å². The van der Waals surface area contributed by atoms with Crippen molar-refractivity contribution in [2.24, 2.45) is 5.73 Å². The van der Waals surface area contributed by atoms with Crippen molar-refractivity contribution in [3.05, 3.63) is 0 Å². The summed E-state index contributed by atoms with van der Waals surface area (Å²) < 4.78 is 29.4. The fourth-order valence-electron chi connectivity index (χ4n) is 0.613. The number of nitrogens with two attached hydrogens (primary N) is 1. The Bertz CT molecular complexity index is 340. The molecule has 0 bridgehead atoms. The van der Waals surface area contributed by atoms with E-state index in [2.05, 4.69) is 17.0 Å². The summed E-state index contributed by atoms with van der Waals surface area (Å²) in [5.41, 5.74) is 5.21. The van der Waals surface area contributed by atoms with Crippen LogP contribution in [-0.4, -0.2) is 44.5 Å². The monoisotopic (exact) mass is 255 g/mol. The number of thiocarbonyl (C=S) groups is 1. The molecular formula is C6H13N3O4S2. The van der Waals surface area contributed by atoms with Gasteiger partial charge in [0.15, 0.2) is 0 Å². The van der Waals surface area contributed by atoms with E-state index < -0.39 is 16.3 Å². The van der Waals surface area contributed by atoms with Gasteiger partial charge in [0.1, 0.15) is 0 Å². The molecule has 0 radical (unpaired) electrons. The molecule has 0 aliphatic rings. The average Bonchev–Trinajstić information content (AvgIpc) is 2.13. The normalized spacial score (nSPS) is 11.1. The van der Waals surface area contributed by atoms with E-state index in [1.807, 2.05) is 0 Å². The number of hydrogen-bond acceptors (Lipinski definition) is 5. The lowest BCUT2D eigenvalue weighted by molar-refractivity contribution is 0.177. The Morgan fingerprint density at radius 2 is 2.13 bits per heavy atom. The Kier molecular flexibility index (Phi) is 5.47. The summed E-state index contributed by atoms with van der Waals surface area (Å²) in [4.78, 5) is 10.9. The van der Waals surface area contributed by atoms with Crippen LogP contribution in [0.4, 0.5) is 4.79 Å². The molecule has 0 aromatic rings. The van der Waals surface area contributed by atoms with Crippen LogP contribution in [-0.2, 0) is 14.9 Å². The van der Waals surface area contributed by atoms with Crippen molar-refractivity contribution >= 4 is 33.5 Å². The summed E-state index contributed by atoms with van der Waals surface area (Å²) in [6.07, 6.45) is -0.800. The van der Waals surface area contributed by atoms with Gasteiger partial charge < -0.3 is 10.5 Å². The molecule has 0 saturated heterocycles. The van der Waals surface area contributed by atoms with Crippen LogP contribution in [0.2, 0.25) is 0 Å². The second-order valence-corrected chi connectivity index (χ2v) is 4.94. The quantitative estimate of drug-likeness (QED) is 0.623. The standard InChI is InChI=1S/C6H13N3O4S2/c1-9(4-3-5(7)14)15(11,12)8-6(10)13-2/h3-4H2,1-2H3,(H2,7,14)(H,8,10). The van der Waals surface area contributed by atoms with Gasteiger partial charge in [-0.3, -0.25) is 0 Å². The van der Waals surface area contributed by atoms with Gasteiger partial charge >= 0.3 is 16.3 Å². The molecule has 0 saturated carbocycles. The minimum absolute atomic E-state index is 0.0989. The number of hydrogen-bond donors (Lipinski definition) is 2. The van der Waals surface area contributed by atoms with E-state index >= 15 is 0 Å². The number of nitrogens with one attached hydrogen (secondary N) is 1. The van der Waals surface area contributed by atoms with Crippen molar-refractivity contribution in [2.75, 3.05) is 20.7 Å². The maximum Gasteiger partial charge on any atom is 0.421 e. The predicted octanol–water partition coefficient (Wildman–Crippen LogP) is -0.805. The molecule has 88 valence electrons. The summed E-state index contributed by atoms with van der Waals surface area (Å²) in [5.74, 6) is 0. The van der Waals surface area contributed by atoms with Crippen LogP contribution >= 0.6 is 12.2 Å². The fourth-order valence-corrected chi connectivity index (χ4v) is 1.49. The fraction of sp³-hybridized carbons (Fsp3) is 0.667. The lowest BCUT2D eigenvalue weighted by Gasteiger charge is -2.16. The van der Waals surface area contributed by atoms with Gasteiger partial charge in [0.2, 0.25) is 0 Å². The Morgan fingerprint density at radius 3 is 2.53 bits per heavy atom. The molecule has 9 heteroatoms. The first-order chi connectivity index (χ1) is 6.79. The largest absolute Gasteiger partial charge is 0.452 e. The lowest BCUT2D eigenvalue weighted by Crippen LogP contribution is -2.42. The van der Waals surface area contributed by atoms with Crippen molar-refractivity contribution in [1.82, 2.24) is 9.03 Å². The van der Waals surface area contributed by atoms with E-state index in [0.717, 1.165) is 11.4 Å². The zero-order chi connectivity index (χ0) is 12.1. The average molecular weight is 255 g/mol. The number of amides is 1. The number of rotatable bonds is 5. The number of carbonyl (C=O) groups excluding carboxylic acids is 1. The summed E-state index contributed by atoms with van der Waals surface area (Å²) in [6.45, 7) is 0.0989. The lowest BCUT2D eigenvalue weighted by atomic mass is 10.4. The second-order valence-electron chi connectivity index (χ2n) is 2.64. The van der Waals surface area contributed by atoms with Gasteiger partial charge in [-0.15, -0.1) is 0 Å². The molecule has 3 N–H and O–H groups in total. The molecule has 15 heavy (non-hydrogen) atoms. The maximum absolute atomic E-state index is 11.3. The Morgan fingerprint density at radius 1 is 1.60 bits per heavy atom. The Labute approximate surface area is 93.7 Å². The van der Waals surface area contributed by atoms with Crippen LogP contribution in [0.25, 0.3) is 0 Å². The molecule has 0 atom stereocenters. The number of nitrogens with zero attached hydrogens (tertiary/aromatic N) is 1. The highest BCUT2D eigenvalue weighted by molar-refractivity contribution is 7.87. The third-order valence-electron chi connectivity index (χ3n) is 1.48. The molecule has 7 nitrogen and oxygen atoms in total. The molecule has 0 aromatic heterocycles. The third kappa shape index (κ3) is 5.50. The predicted molar refractivity (Wildman–Crippen MR) is 58.5 cm³/mol. The van der Waals surface area contributed by atoms with Crippen LogP contribution in [0.3, 0.4) is 0 Å². The van der Waals surface area contributed by atoms with Crippen molar-refractivity contribution in [1.29, 1.82) is 0 Å². The molecule has 0 spiro atoms. The van der Waals surface area contributed by atoms with Crippen LogP contribution in [0, 0.1) is 0 Å². The SMILES string of the molecule is COC(=O)NS(=O)(=O)N(C)CCC(N)=S. The Hall–Kier alpha value is -0.930. The molecule has 0 heterocycles. The van der Waals surface area contributed by atoms with E-state index in [9.17, 15) is 13.2 Å². The van der Waals surface area contributed by atoms with E-state index in [1.54, 1.807) is 4.72 Å². The zero-order valence-corrected chi connectivity index (χ0v) is 10.0. The summed E-state index contributed by atoms with van der Waals surface area (Å²) in [6, 6.07) is 0. The molecule has 0 aromatic carbocycles. The van der Waals surface area contributed by atoms with Gasteiger partial charge in [-0.05, 0) is 0 Å². The zero-order valence-electron chi connectivity index (χ0n) is 8.39. The van der Waals surface area contributed by atoms with Gasteiger partial charge in [0, 0.05) is 20.0 Å². The summed E-state index contributed by atoms with van der Waals surface area (Å²) in [7, 11) is -1.51. The smallest absolute Gasteiger partial charge is 0.421 e. The van der Waals surface area contributed by atoms with Gasteiger partial charge in [0.05, 0.1) is 12.1 Å². The Balaban J connectivity index is 4.33. The molecular weight excluding hydrogens is 242 g/mol. The van der Waals surface area contributed by atoms with Crippen molar-refractivity contribution in [3.63, 3.8) is 0 Å². The van der Waals surface area contributed by atoms with Crippen LogP contribution in [0.15, 0.2) is 0 Å². The molecule has 0 unspecified atom stereocenters. The molecule has 0 aliphatic heterocycles. The summed E-state index contributed by atoms with van der Waals surface area (Å²) >= 11 is 4.59. The van der Waals surface area contributed by atoms with Crippen molar-refractivity contribution < 1.29 is 17.9 Å². The van der Waals surface area contributed by atoms with Crippen molar-refractivity contribution in [2.45, 2.75) is 6.42 Å². The minimum Gasteiger partial charge on any atom is -0.452 e. The number of carbonyl (C=O) groups is 1. The highest BCUT2D eigenvalue weighted by Crippen LogP contribution is 1.96. The number of methoxy groups -OCH3 is 1. The third-order valence-corrected chi connectivity index (χ3v) is 3.11. The highest BCUT2D eigenvalue weighted by Gasteiger charge is 2.20. The van der Waals surface area contributed by atoms with Crippen LogP contribution in [0.1, 0.15) is 6.42 Å². The first-order valence-corrected chi connectivity index (χ1v) is 5.74. The first kappa shape index (κ1) is 14.1. The van der Waals surface area contributed by atoms with Gasteiger partial charge in [-0.1, -0.05) is 12.2 Å². The van der Waals surface area contributed by atoms with E-state index in [0.29, 0.717) is 0 Å². The molecule has 0 rings (SSSR count). The summed E-state index contributed by atoms with van der Waals surface area (Å²) in [5, 5.41) is 0. The second kappa shape index (κ2) is 5.83. The van der Waals surface area contributed by atoms with Gasteiger partial charge in [0.25, 0.3) is 0 Å². The molecule has 0 fully saturated rings. The molecule has 0 aliphatic carbocycles. The van der Waals surface area contributed by atoms with Gasteiger partial charge in [-0.25, -0.2) is 9.52 Å². The van der Waals surface area contributed by atoms with E-state index in [1.165, 1.54) is 7.05 Å². The highest BCUT2D eigenvalue weighted by atomic mass is 32.2.